The van der Waals surface area contributed by atoms with Gasteiger partial charge in [0.25, 0.3) is 0 Å². The summed E-state index contributed by atoms with van der Waals surface area (Å²) in [6, 6.07) is 2.59. The summed E-state index contributed by atoms with van der Waals surface area (Å²) in [6.45, 7) is 0.380. The fourth-order valence-corrected chi connectivity index (χ4v) is 3.83. The molecule has 1 aromatic carbocycles. The number of carbonyl (C=O) groups is 1. The maximum absolute atomic E-state index is 14.3. The predicted molar refractivity (Wildman–Crippen MR) is 87.6 cm³/mol. The highest BCUT2D eigenvalue weighted by Gasteiger charge is 2.32. The SMILES string of the molecule is Cn1c(CC(N)=O)c2n(c1=S)CC(c1c(F)ccc(Br)c1F)C2. The summed E-state index contributed by atoms with van der Waals surface area (Å²) >= 11 is 8.46. The number of hydrogen-bond donors (Lipinski definition) is 1. The van der Waals surface area contributed by atoms with Crippen LogP contribution in [0.15, 0.2) is 16.6 Å². The van der Waals surface area contributed by atoms with E-state index < -0.39 is 17.5 Å². The van der Waals surface area contributed by atoms with Gasteiger partial charge < -0.3 is 14.9 Å². The number of primary amides is 1. The van der Waals surface area contributed by atoms with E-state index in [-0.39, 0.29) is 22.4 Å². The Morgan fingerprint density at radius 3 is 2.83 bits per heavy atom. The Balaban J connectivity index is 2.05. The number of fused-ring (bicyclic) bond motifs is 1. The van der Waals surface area contributed by atoms with E-state index in [1.165, 1.54) is 12.1 Å². The van der Waals surface area contributed by atoms with Crippen LogP contribution in [0.1, 0.15) is 22.9 Å². The zero-order valence-corrected chi connectivity index (χ0v) is 14.7. The van der Waals surface area contributed by atoms with Gasteiger partial charge in [-0.15, -0.1) is 0 Å². The van der Waals surface area contributed by atoms with Crippen LogP contribution in [0, 0.1) is 16.4 Å². The van der Waals surface area contributed by atoms with Crippen molar-refractivity contribution in [2.24, 2.45) is 12.8 Å². The number of nitrogens with two attached hydrogens (primary N) is 1. The van der Waals surface area contributed by atoms with Gasteiger partial charge in [-0.2, -0.15) is 0 Å². The molecule has 8 heteroatoms. The molecule has 2 N–H and O–H groups in total. The molecule has 0 spiro atoms. The number of carbonyl (C=O) groups excluding carboxylic acids is 1. The van der Waals surface area contributed by atoms with Gasteiger partial charge in [-0.05, 0) is 46.7 Å². The number of rotatable bonds is 3. The minimum absolute atomic E-state index is 0.0464. The van der Waals surface area contributed by atoms with Crippen molar-refractivity contribution in [2.75, 3.05) is 0 Å². The van der Waals surface area contributed by atoms with Gasteiger partial charge in [0.15, 0.2) is 4.77 Å². The van der Waals surface area contributed by atoms with Crippen LogP contribution in [0.4, 0.5) is 8.78 Å². The number of nitrogens with zero attached hydrogens (tertiary/aromatic N) is 2. The van der Waals surface area contributed by atoms with Crippen molar-refractivity contribution in [2.45, 2.75) is 25.3 Å². The summed E-state index contributed by atoms with van der Waals surface area (Å²) in [7, 11) is 1.77. The number of imidazole rings is 1. The number of benzene rings is 1. The summed E-state index contributed by atoms with van der Waals surface area (Å²) in [5.41, 5.74) is 6.86. The van der Waals surface area contributed by atoms with E-state index in [1.54, 1.807) is 11.6 Å². The van der Waals surface area contributed by atoms with E-state index in [4.69, 9.17) is 18.0 Å². The highest BCUT2D eigenvalue weighted by atomic mass is 79.9. The maximum atomic E-state index is 14.3. The molecule has 0 saturated heterocycles. The minimum atomic E-state index is -0.590. The molecule has 1 atom stereocenters. The molecule has 1 amide bonds. The van der Waals surface area contributed by atoms with E-state index in [0.29, 0.717) is 23.4 Å². The lowest BCUT2D eigenvalue weighted by molar-refractivity contribution is -0.117. The molecule has 1 unspecified atom stereocenters. The molecular formula is C15H14BrF2N3OS. The van der Waals surface area contributed by atoms with Crippen molar-refractivity contribution in [3.8, 4) is 0 Å². The maximum Gasteiger partial charge on any atom is 0.223 e. The molecule has 0 radical (unpaired) electrons. The second-order valence-corrected chi connectivity index (χ2v) is 6.87. The van der Waals surface area contributed by atoms with E-state index in [1.807, 2.05) is 4.57 Å². The van der Waals surface area contributed by atoms with Gasteiger partial charge in [-0.3, -0.25) is 4.79 Å². The van der Waals surface area contributed by atoms with Gasteiger partial charge in [-0.1, -0.05) is 0 Å². The molecule has 1 aromatic heterocycles. The van der Waals surface area contributed by atoms with Crippen LogP contribution in [0.2, 0.25) is 0 Å². The van der Waals surface area contributed by atoms with Crippen LogP contribution < -0.4 is 5.73 Å². The molecular weight excluding hydrogens is 388 g/mol. The van der Waals surface area contributed by atoms with Crippen LogP contribution in [-0.4, -0.2) is 15.0 Å². The molecule has 4 nitrogen and oxygen atoms in total. The lowest BCUT2D eigenvalue weighted by Crippen LogP contribution is -2.17. The van der Waals surface area contributed by atoms with Crippen molar-refractivity contribution in [3.05, 3.63) is 50.0 Å². The van der Waals surface area contributed by atoms with Gasteiger partial charge in [0.2, 0.25) is 5.91 Å². The van der Waals surface area contributed by atoms with Crippen molar-refractivity contribution in [3.63, 3.8) is 0 Å². The quantitative estimate of drug-likeness (QED) is 0.634. The summed E-state index contributed by atoms with van der Waals surface area (Å²) in [5, 5.41) is 0. The average molecular weight is 402 g/mol. The third kappa shape index (κ3) is 2.63. The zero-order chi connectivity index (χ0) is 16.9. The lowest BCUT2D eigenvalue weighted by atomic mass is 9.95. The Labute approximate surface area is 145 Å². The van der Waals surface area contributed by atoms with Gasteiger partial charge in [0.05, 0.1) is 10.9 Å². The number of halogens is 3. The van der Waals surface area contributed by atoms with Crippen molar-refractivity contribution < 1.29 is 13.6 Å². The van der Waals surface area contributed by atoms with Crippen molar-refractivity contribution in [1.82, 2.24) is 9.13 Å². The first-order chi connectivity index (χ1) is 10.8. The second kappa shape index (κ2) is 5.83. The number of aromatic nitrogens is 2. The lowest BCUT2D eigenvalue weighted by Gasteiger charge is -2.14. The average Bonchev–Trinajstić information content (AvgIpc) is 2.99. The van der Waals surface area contributed by atoms with Gasteiger partial charge in [0.1, 0.15) is 11.6 Å². The predicted octanol–water partition coefficient (Wildman–Crippen LogP) is 2.96. The standard InChI is InChI=1S/C15H14BrF2N3OS/c1-20-10(5-12(19)22)11-4-7(6-21(11)15(20)23)13-9(17)3-2-8(16)14(13)18/h2-3,7H,4-6H2,1H3,(H2,19,22). The first-order valence-electron chi connectivity index (χ1n) is 7.00. The van der Waals surface area contributed by atoms with Gasteiger partial charge in [-0.25, -0.2) is 8.78 Å². The molecule has 0 aliphatic carbocycles. The molecule has 2 heterocycles. The van der Waals surface area contributed by atoms with Gasteiger partial charge in [0, 0.05) is 36.5 Å². The third-order valence-electron chi connectivity index (χ3n) is 4.25. The Bertz CT molecular complexity index is 875. The molecule has 3 rings (SSSR count). The number of amides is 1. The highest BCUT2D eigenvalue weighted by Crippen LogP contribution is 2.37. The summed E-state index contributed by atoms with van der Waals surface area (Å²) in [5.74, 6) is -2.00. The second-order valence-electron chi connectivity index (χ2n) is 5.65. The molecule has 1 aliphatic rings. The van der Waals surface area contributed by atoms with Crippen LogP contribution in [0.5, 0.6) is 0 Å². The molecule has 2 aromatic rings. The van der Waals surface area contributed by atoms with E-state index >= 15 is 0 Å². The molecule has 23 heavy (non-hydrogen) atoms. The molecule has 1 aliphatic heterocycles. The topological polar surface area (TPSA) is 52.9 Å². The van der Waals surface area contributed by atoms with Crippen LogP contribution in [-0.2, 0) is 31.2 Å². The minimum Gasteiger partial charge on any atom is -0.369 e. The summed E-state index contributed by atoms with van der Waals surface area (Å²) < 4.78 is 32.8. The monoisotopic (exact) mass is 401 g/mol. The van der Waals surface area contributed by atoms with E-state index in [2.05, 4.69) is 15.9 Å². The first-order valence-corrected chi connectivity index (χ1v) is 8.20. The normalized spacial score (nSPS) is 16.6. The molecule has 0 bridgehead atoms. The summed E-state index contributed by atoms with van der Waals surface area (Å²) in [4.78, 5) is 11.3. The third-order valence-corrected chi connectivity index (χ3v) is 5.36. The van der Waals surface area contributed by atoms with Crippen molar-refractivity contribution >= 4 is 34.1 Å². The molecule has 122 valence electrons. The fraction of sp³-hybridized carbons (Fsp3) is 0.333. The van der Waals surface area contributed by atoms with Crippen LogP contribution in [0.3, 0.4) is 0 Å². The molecule has 0 fully saturated rings. The largest absolute Gasteiger partial charge is 0.369 e. The fourth-order valence-electron chi connectivity index (χ4n) is 3.19. The van der Waals surface area contributed by atoms with Gasteiger partial charge >= 0.3 is 0 Å². The van der Waals surface area contributed by atoms with E-state index in [9.17, 15) is 13.6 Å². The van der Waals surface area contributed by atoms with Crippen LogP contribution >= 0.6 is 28.1 Å². The molecule has 0 saturated carbocycles. The van der Waals surface area contributed by atoms with Crippen molar-refractivity contribution in [1.29, 1.82) is 0 Å². The Kier molecular flexibility index (Phi) is 4.14. The highest BCUT2D eigenvalue weighted by molar-refractivity contribution is 9.10. The van der Waals surface area contributed by atoms with E-state index in [0.717, 1.165) is 5.69 Å². The zero-order valence-electron chi connectivity index (χ0n) is 12.3. The summed E-state index contributed by atoms with van der Waals surface area (Å²) in [6.07, 6.45) is 0.468. The Hall–Kier alpha value is -1.54. The Morgan fingerprint density at radius 1 is 1.48 bits per heavy atom. The first kappa shape index (κ1) is 16.3. The number of hydrogen-bond acceptors (Lipinski definition) is 2. The smallest absolute Gasteiger partial charge is 0.223 e. The van der Waals surface area contributed by atoms with Crippen LogP contribution in [0.25, 0.3) is 0 Å². The Morgan fingerprint density at radius 2 is 2.17 bits per heavy atom.